The van der Waals surface area contributed by atoms with Crippen molar-refractivity contribution in [2.24, 2.45) is 7.05 Å². The van der Waals surface area contributed by atoms with Crippen LogP contribution < -0.4 is 5.32 Å². The third-order valence-electron chi connectivity index (χ3n) is 3.40. The van der Waals surface area contributed by atoms with Gasteiger partial charge >= 0.3 is 0 Å². The first-order chi connectivity index (χ1) is 8.54. The predicted molar refractivity (Wildman–Crippen MR) is 77.5 cm³/mol. The summed E-state index contributed by atoms with van der Waals surface area (Å²) < 4.78 is 2.13. The molecule has 1 aromatic heterocycles. The molecular formula is C13H22N4S. The number of rotatable bonds is 2. The molecule has 100 valence electrons. The van der Waals surface area contributed by atoms with Gasteiger partial charge in [0.1, 0.15) is 0 Å². The maximum absolute atomic E-state index is 5.53. The van der Waals surface area contributed by atoms with Crippen LogP contribution in [0.25, 0.3) is 0 Å². The summed E-state index contributed by atoms with van der Waals surface area (Å²) in [6, 6.07) is 0.725. The molecule has 1 aromatic rings. The number of nitrogens with zero attached hydrogens (tertiary/aromatic N) is 3. The average molecular weight is 266 g/mol. The SMILES string of the molecule is CCC1c2c(ncn2C)CCN1C(=S)NC(C)C. The van der Waals surface area contributed by atoms with Gasteiger partial charge in [-0.05, 0) is 32.5 Å². The molecule has 0 saturated heterocycles. The minimum atomic E-state index is 0.347. The fourth-order valence-electron chi connectivity index (χ4n) is 2.62. The second kappa shape index (κ2) is 5.26. The van der Waals surface area contributed by atoms with E-state index >= 15 is 0 Å². The van der Waals surface area contributed by atoms with Gasteiger partial charge in [0.15, 0.2) is 5.11 Å². The van der Waals surface area contributed by atoms with Gasteiger partial charge in [0.05, 0.1) is 23.8 Å². The van der Waals surface area contributed by atoms with Crippen LogP contribution in [-0.4, -0.2) is 32.2 Å². The molecule has 4 nitrogen and oxygen atoms in total. The van der Waals surface area contributed by atoms with Crippen molar-refractivity contribution < 1.29 is 0 Å². The second-order valence-electron chi connectivity index (χ2n) is 5.16. The molecule has 0 aromatic carbocycles. The summed E-state index contributed by atoms with van der Waals surface area (Å²) >= 11 is 5.53. The molecule has 1 aliphatic heterocycles. The normalized spacial score (nSPS) is 18.9. The van der Waals surface area contributed by atoms with Gasteiger partial charge in [0.2, 0.25) is 0 Å². The van der Waals surface area contributed by atoms with E-state index in [0.29, 0.717) is 12.1 Å². The fourth-order valence-corrected chi connectivity index (χ4v) is 3.08. The quantitative estimate of drug-likeness (QED) is 0.830. The summed E-state index contributed by atoms with van der Waals surface area (Å²) in [7, 11) is 2.07. The van der Waals surface area contributed by atoms with Crippen molar-refractivity contribution in [2.45, 2.75) is 45.7 Å². The van der Waals surface area contributed by atoms with E-state index < -0.39 is 0 Å². The number of thiocarbonyl (C=S) groups is 1. The van der Waals surface area contributed by atoms with E-state index in [0.717, 1.165) is 24.5 Å². The van der Waals surface area contributed by atoms with Crippen LogP contribution in [0.1, 0.15) is 44.6 Å². The molecule has 2 heterocycles. The Bertz CT molecular complexity index is 438. The van der Waals surface area contributed by atoms with Gasteiger partial charge in [-0.25, -0.2) is 4.98 Å². The summed E-state index contributed by atoms with van der Waals surface area (Å²) in [5, 5.41) is 4.21. The molecule has 0 aliphatic carbocycles. The van der Waals surface area contributed by atoms with Crippen molar-refractivity contribution in [1.29, 1.82) is 0 Å². The van der Waals surface area contributed by atoms with E-state index in [1.54, 1.807) is 0 Å². The molecule has 0 amide bonds. The van der Waals surface area contributed by atoms with E-state index in [-0.39, 0.29) is 0 Å². The highest BCUT2D eigenvalue weighted by Gasteiger charge is 2.30. The zero-order valence-electron chi connectivity index (χ0n) is 11.6. The topological polar surface area (TPSA) is 33.1 Å². The van der Waals surface area contributed by atoms with Crippen LogP contribution in [0.3, 0.4) is 0 Å². The number of hydrogen-bond acceptors (Lipinski definition) is 2. The smallest absolute Gasteiger partial charge is 0.169 e. The van der Waals surface area contributed by atoms with Crippen molar-refractivity contribution in [2.75, 3.05) is 6.54 Å². The van der Waals surface area contributed by atoms with Crippen molar-refractivity contribution in [1.82, 2.24) is 19.8 Å². The van der Waals surface area contributed by atoms with Crippen LogP contribution in [0.2, 0.25) is 0 Å². The van der Waals surface area contributed by atoms with Crippen LogP contribution in [0.4, 0.5) is 0 Å². The summed E-state index contributed by atoms with van der Waals surface area (Å²) in [5.41, 5.74) is 2.55. The Hall–Kier alpha value is -1.10. The molecular weight excluding hydrogens is 244 g/mol. The number of aryl methyl sites for hydroxylation is 1. The Morgan fingerprint density at radius 1 is 1.61 bits per heavy atom. The number of aromatic nitrogens is 2. The Morgan fingerprint density at radius 2 is 2.33 bits per heavy atom. The number of hydrogen-bond donors (Lipinski definition) is 1. The first-order valence-corrected chi connectivity index (χ1v) is 7.02. The average Bonchev–Trinajstić information content (AvgIpc) is 2.69. The van der Waals surface area contributed by atoms with E-state index in [2.05, 4.69) is 47.6 Å². The monoisotopic (exact) mass is 266 g/mol. The molecule has 0 fully saturated rings. The van der Waals surface area contributed by atoms with Gasteiger partial charge in [-0.15, -0.1) is 0 Å². The van der Waals surface area contributed by atoms with Crippen LogP contribution in [0, 0.1) is 0 Å². The lowest BCUT2D eigenvalue weighted by Crippen LogP contribution is -2.47. The fraction of sp³-hybridized carbons (Fsp3) is 0.692. The largest absolute Gasteiger partial charge is 0.360 e. The van der Waals surface area contributed by atoms with Gasteiger partial charge in [0, 0.05) is 26.1 Å². The van der Waals surface area contributed by atoms with Crippen LogP contribution in [-0.2, 0) is 13.5 Å². The molecule has 5 heteroatoms. The number of nitrogens with one attached hydrogen (secondary N) is 1. The number of fused-ring (bicyclic) bond motifs is 1. The van der Waals surface area contributed by atoms with E-state index in [1.807, 2.05) is 6.33 Å². The highest BCUT2D eigenvalue weighted by molar-refractivity contribution is 7.80. The maximum atomic E-state index is 5.53. The summed E-state index contributed by atoms with van der Waals surface area (Å²) in [5.74, 6) is 0. The van der Waals surface area contributed by atoms with Crippen LogP contribution in [0.15, 0.2) is 6.33 Å². The summed E-state index contributed by atoms with van der Waals surface area (Å²) in [4.78, 5) is 6.79. The molecule has 2 rings (SSSR count). The van der Waals surface area contributed by atoms with E-state index in [4.69, 9.17) is 12.2 Å². The van der Waals surface area contributed by atoms with Crippen molar-refractivity contribution in [3.63, 3.8) is 0 Å². The molecule has 0 saturated carbocycles. The highest BCUT2D eigenvalue weighted by Crippen LogP contribution is 2.31. The predicted octanol–water partition coefficient (Wildman–Crippen LogP) is 2.01. The third-order valence-corrected chi connectivity index (χ3v) is 3.76. The molecule has 1 aliphatic rings. The molecule has 1 unspecified atom stereocenters. The highest BCUT2D eigenvalue weighted by atomic mass is 32.1. The zero-order valence-corrected chi connectivity index (χ0v) is 12.4. The van der Waals surface area contributed by atoms with Crippen molar-refractivity contribution in [3.05, 3.63) is 17.7 Å². The third kappa shape index (κ3) is 2.36. The molecule has 1 atom stereocenters. The lowest BCUT2D eigenvalue weighted by Gasteiger charge is -2.38. The summed E-state index contributed by atoms with van der Waals surface area (Å²) in [6.45, 7) is 7.40. The Kier molecular flexibility index (Phi) is 3.90. The zero-order chi connectivity index (χ0) is 13.3. The van der Waals surface area contributed by atoms with Gasteiger partial charge in [0.25, 0.3) is 0 Å². The lowest BCUT2D eigenvalue weighted by molar-refractivity contribution is 0.274. The lowest BCUT2D eigenvalue weighted by atomic mass is 10.0. The molecule has 1 N–H and O–H groups in total. The summed E-state index contributed by atoms with van der Waals surface area (Å²) in [6.07, 6.45) is 3.94. The minimum absolute atomic E-state index is 0.347. The molecule has 0 bridgehead atoms. The Morgan fingerprint density at radius 3 is 2.94 bits per heavy atom. The van der Waals surface area contributed by atoms with E-state index in [1.165, 1.54) is 11.4 Å². The van der Waals surface area contributed by atoms with Crippen LogP contribution in [0.5, 0.6) is 0 Å². The van der Waals surface area contributed by atoms with Gasteiger partial charge in [-0.3, -0.25) is 0 Å². The van der Waals surface area contributed by atoms with Crippen molar-refractivity contribution in [3.8, 4) is 0 Å². The maximum Gasteiger partial charge on any atom is 0.169 e. The van der Waals surface area contributed by atoms with Crippen molar-refractivity contribution >= 4 is 17.3 Å². The first-order valence-electron chi connectivity index (χ1n) is 6.61. The Labute approximate surface area is 114 Å². The molecule has 0 radical (unpaired) electrons. The van der Waals surface area contributed by atoms with Gasteiger partial charge in [-0.1, -0.05) is 6.92 Å². The first kappa shape index (κ1) is 13.3. The minimum Gasteiger partial charge on any atom is -0.360 e. The second-order valence-corrected chi connectivity index (χ2v) is 5.55. The van der Waals surface area contributed by atoms with Crippen LogP contribution >= 0.6 is 12.2 Å². The van der Waals surface area contributed by atoms with Gasteiger partial charge < -0.3 is 14.8 Å². The standard InChI is InChI=1S/C13H22N4S/c1-5-11-12-10(14-8-16(12)4)6-7-17(11)13(18)15-9(2)3/h8-9,11H,5-7H2,1-4H3,(H,15,18). The molecule has 0 spiro atoms. The van der Waals surface area contributed by atoms with E-state index in [9.17, 15) is 0 Å². The molecule has 18 heavy (non-hydrogen) atoms. The van der Waals surface area contributed by atoms with Gasteiger partial charge in [-0.2, -0.15) is 0 Å². The Balaban J connectivity index is 2.25. The number of imidazole rings is 1.